The van der Waals surface area contributed by atoms with Crippen molar-refractivity contribution in [2.45, 2.75) is 0 Å². The Bertz CT molecular complexity index is 504. The number of carbonyl (C=O) groups excluding carboxylic acids is 1. The van der Waals surface area contributed by atoms with Gasteiger partial charge in [-0.15, -0.1) is 0 Å². The minimum absolute atomic E-state index is 0.0521. The van der Waals surface area contributed by atoms with Crippen molar-refractivity contribution in [3.8, 4) is 5.75 Å². The molecule has 0 spiro atoms. The average molecular weight is 238 g/mol. The summed E-state index contributed by atoms with van der Waals surface area (Å²) in [6.07, 6.45) is 1.34. The molecular formula is C11H8ClNO3. The molecule has 0 aliphatic rings. The van der Waals surface area contributed by atoms with Crippen molar-refractivity contribution in [3.05, 3.63) is 47.4 Å². The van der Waals surface area contributed by atoms with Crippen LogP contribution in [0.15, 0.2) is 41.0 Å². The zero-order valence-electron chi connectivity index (χ0n) is 8.11. The second-order valence-corrected chi connectivity index (χ2v) is 3.45. The van der Waals surface area contributed by atoms with Crippen molar-refractivity contribution < 1.29 is 14.3 Å². The van der Waals surface area contributed by atoms with Gasteiger partial charge in [-0.2, -0.15) is 0 Å². The molecule has 0 aliphatic carbocycles. The lowest BCUT2D eigenvalue weighted by molar-refractivity contribution is 0.102. The number of halogens is 1. The predicted molar refractivity (Wildman–Crippen MR) is 59.8 cm³/mol. The maximum absolute atomic E-state index is 11.7. The largest absolute Gasteiger partial charge is 0.508 e. The fourth-order valence-electron chi connectivity index (χ4n) is 1.20. The Balaban J connectivity index is 2.14. The van der Waals surface area contributed by atoms with Gasteiger partial charge in [-0.05, 0) is 41.9 Å². The summed E-state index contributed by atoms with van der Waals surface area (Å²) in [5.41, 5.74) is 0.842. The molecule has 0 radical (unpaired) electrons. The van der Waals surface area contributed by atoms with E-state index < -0.39 is 0 Å². The van der Waals surface area contributed by atoms with E-state index in [1.807, 2.05) is 0 Å². The van der Waals surface area contributed by atoms with Gasteiger partial charge in [0.2, 0.25) is 5.22 Å². The van der Waals surface area contributed by atoms with Crippen LogP contribution in [0.5, 0.6) is 5.75 Å². The van der Waals surface area contributed by atoms with Gasteiger partial charge in [-0.25, -0.2) is 0 Å². The highest BCUT2D eigenvalue weighted by molar-refractivity contribution is 6.32. The lowest BCUT2D eigenvalue weighted by atomic mass is 10.2. The predicted octanol–water partition coefficient (Wildman–Crippen LogP) is 2.89. The summed E-state index contributed by atoms with van der Waals surface area (Å²) in [5, 5.41) is 11.7. The number of rotatable bonds is 2. The third kappa shape index (κ3) is 2.17. The minimum Gasteiger partial charge on any atom is -0.508 e. The number of carbonyl (C=O) groups is 1. The minimum atomic E-state index is -0.357. The third-order valence-corrected chi connectivity index (χ3v) is 2.28. The third-order valence-electron chi connectivity index (χ3n) is 1.99. The highest BCUT2D eigenvalue weighted by Crippen LogP contribution is 2.19. The number of amides is 1. The summed E-state index contributed by atoms with van der Waals surface area (Å²) in [6.45, 7) is 0. The normalized spacial score (nSPS) is 10.1. The number of furan rings is 1. The zero-order chi connectivity index (χ0) is 11.5. The van der Waals surface area contributed by atoms with Gasteiger partial charge in [0.05, 0.1) is 11.8 Å². The zero-order valence-corrected chi connectivity index (χ0v) is 8.86. The molecule has 1 heterocycles. The van der Waals surface area contributed by atoms with Gasteiger partial charge in [0.15, 0.2) is 0 Å². The molecule has 1 aromatic carbocycles. The van der Waals surface area contributed by atoms with Gasteiger partial charge in [-0.1, -0.05) is 0 Å². The van der Waals surface area contributed by atoms with Gasteiger partial charge < -0.3 is 14.8 Å². The lowest BCUT2D eigenvalue weighted by Crippen LogP contribution is -2.11. The average Bonchev–Trinajstić information content (AvgIpc) is 2.68. The van der Waals surface area contributed by atoms with Crippen LogP contribution in [0.3, 0.4) is 0 Å². The molecule has 4 nitrogen and oxygen atoms in total. The Morgan fingerprint density at radius 3 is 2.50 bits per heavy atom. The van der Waals surface area contributed by atoms with Gasteiger partial charge >= 0.3 is 0 Å². The summed E-state index contributed by atoms with van der Waals surface area (Å²) >= 11 is 5.66. The van der Waals surface area contributed by atoms with Crippen LogP contribution >= 0.6 is 11.6 Å². The fourth-order valence-corrected chi connectivity index (χ4v) is 1.40. The van der Waals surface area contributed by atoms with E-state index in [4.69, 9.17) is 21.1 Å². The Morgan fingerprint density at radius 2 is 1.94 bits per heavy atom. The summed E-state index contributed by atoms with van der Waals surface area (Å²) in [7, 11) is 0. The maximum atomic E-state index is 11.7. The van der Waals surface area contributed by atoms with Crippen molar-refractivity contribution in [1.82, 2.24) is 0 Å². The van der Waals surface area contributed by atoms with Gasteiger partial charge in [0, 0.05) is 5.69 Å². The highest BCUT2D eigenvalue weighted by Gasteiger charge is 2.12. The van der Waals surface area contributed by atoms with E-state index in [2.05, 4.69) is 5.32 Å². The van der Waals surface area contributed by atoms with Crippen molar-refractivity contribution in [1.29, 1.82) is 0 Å². The Morgan fingerprint density at radius 1 is 1.25 bits per heavy atom. The fraction of sp³-hybridized carbons (Fsp3) is 0. The van der Waals surface area contributed by atoms with Gasteiger partial charge in [-0.3, -0.25) is 4.79 Å². The van der Waals surface area contributed by atoms with Crippen molar-refractivity contribution in [2.75, 3.05) is 5.32 Å². The van der Waals surface area contributed by atoms with Crippen molar-refractivity contribution >= 4 is 23.2 Å². The molecule has 0 unspecified atom stereocenters. The lowest BCUT2D eigenvalue weighted by Gasteiger charge is -2.03. The number of phenolic OH excluding ortho intramolecular Hbond substituents is 1. The van der Waals surface area contributed by atoms with Crippen LogP contribution in [0.25, 0.3) is 0 Å². The van der Waals surface area contributed by atoms with Crippen LogP contribution in [0.4, 0.5) is 5.69 Å². The Hall–Kier alpha value is -1.94. The monoisotopic (exact) mass is 237 g/mol. The molecule has 5 heteroatoms. The molecular weight excluding hydrogens is 230 g/mol. The highest BCUT2D eigenvalue weighted by atomic mass is 35.5. The topological polar surface area (TPSA) is 62.5 Å². The smallest absolute Gasteiger partial charge is 0.260 e. The molecule has 0 atom stereocenters. The molecule has 2 N–H and O–H groups in total. The van der Waals surface area contributed by atoms with E-state index in [1.54, 1.807) is 12.1 Å². The van der Waals surface area contributed by atoms with Gasteiger partial charge in [0.25, 0.3) is 5.91 Å². The summed E-state index contributed by atoms with van der Waals surface area (Å²) in [4.78, 5) is 11.7. The summed E-state index contributed by atoms with van der Waals surface area (Å²) < 4.78 is 4.81. The first kappa shape index (κ1) is 10.6. The molecule has 0 saturated carbocycles. The van der Waals surface area contributed by atoms with E-state index in [0.717, 1.165) is 0 Å². The molecule has 82 valence electrons. The van der Waals surface area contributed by atoms with E-state index in [1.165, 1.54) is 24.5 Å². The number of anilines is 1. The summed E-state index contributed by atoms with van der Waals surface area (Å²) in [5.74, 6) is -0.219. The number of phenols is 1. The maximum Gasteiger partial charge on any atom is 0.260 e. The SMILES string of the molecule is O=C(Nc1ccc(O)cc1)c1ccoc1Cl. The molecule has 2 aromatic rings. The van der Waals surface area contributed by atoms with Crippen LogP contribution in [-0.2, 0) is 0 Å². The second-order valence-electron chi connectivity index (χ2n) is 3.11. The summed E-state index contributed by atoms with van der Waals surface area (Å²) in [6, 6.07) is 7.61. The molecule has 2 rings (SSSR count). The number of hydrogen-bond donors (Lipinski definition) is 2. The first-order valence-electron chi connectivity index (χ1n) is 4.50. The van der Waals surface area contributed by atoms with Crippen LogP contribution in [0, 0.1) is 0 Å². The van der Waals surface area contributed by atoms with E-state index in [-0.39, 0.29) is 22.4 Å². The molecule has 16 heavy (non-hydrogen) atoms. The molecule has 1 amide bonds. The Kier molecular flexibility index (Phi) is 2.83. The molecule has 0 bridgehead atoms. The van der Waals surface area contributed by atoms with Crippen LogP contribution < -0.4 is 5.32 Å². The number of aromatic hydroxyl groups is 1. The first-order chi connectivity index (χ1) is 7.66. The van der Waals surface area contributed by atoms with Crippen molar-refractivity contribution in [2.24, 2.45) is 0 Å². The first-order valence-corrected chi connectivity index (χ1v) is 4.88. The molecule has 1 aromatic heterocycles. The molecule has 0 fully saturated rings. The standard InChI is InChI=1S/C11H8ClNO3/c12-10-9(5-6-16-10)11(15)13-7-1-3-8(14)4-2-7/h1-6,14H,(H,13,15). The van der Waals surface area contributed by atoms with E-state index in [0.29, 0.717) is 5.69 Å². The number of nitrogens with one attached hydrogen (secondary N) is 1. The van der Waals surface area contributed by atoms with Gasteiger partial charge in [0.1, 0.15) is 5.75 Å². The second kappa shape index (κ2) is 4.28. The number of hydrogen-bond acceptors (Lipinski definition) is 3. The quantitative estimate of drug-likeness (QED) is 0.790. The molecule has 0 saturated heterocycles. The van der Waals surface area contributed by atoms with Crippen LogP contribution in [-0.4, -0.2) is 11.0 Å². The van der Waals surface area contributed by atoms with E-state index in [9.17, 15) is 4.79 Å². The van der Waals surface area contributed by atoms with E-state index >= 15 is 0 Å². The van der Waals surface area contributed by atoms with Crippen molar-refractivity contribution in [3.63, 3.8) is 0 Å². The van der Waals surface area contributed by atoms with Crippen LogP contribution in [0.2, 0.25) is 5.22 Å². The molecule has 0 aliphatic heterocycles. The Labute approximate surface area is 96.5 Å². The number of benzene rings is 1. The van der Waals surface area contributed by atoms with Crippen LogP contribution in [0.1, 0.15) is 10.4 Å².